The van der Waals surface area contributed by atoms with Gasteiger partial charge in [-0.15, -0.1) is 0 Å². The number of allylic oxidation sites excluding steroid dienone is 1. The Bertz CT molecular complexity index is 418. The Hall–Kier alpha value is -1.28. The van der Waals surface area contributed by atoms with Crippen LogP contribution in [0.4, 0.5) is 0 Å². The lowest BCUT2D eigenvalue weighted by Gasteiger charge is -2.27. The molecule has 1 aromatic rings. The Morgan fingerprint density at radius 3 is 2.53 bits per heavy atom. The minimum Gasteiger partial charge on any atom is -0.495 e. The second-order valence-electron chi connectivity index (χ2n) is 5.02. The average molecular weight is 230 g/mol. The van der Waals surface area contributed by atoms with Gasteiger partial charge in [0, 0.05) is 5.41 Å². The summed E-state index contributed by atoms with van der Waals surface area (Å²) in [5, 5.41) is 10.5. The molecule has 0 radical (unpaired) electrons. The van der Waals surface area contributed by atoms with Crippen molar-refractivity contribution < 1.29 is 9.84 Å². The van der Waals surface area contributed by atoms with Crippen LogP contribution in [-0.4, -0.2) is 17.8 Å². The van der Waals surface area contributed by atoms with Crippen LogP contribution in [0.5, 0.6) is 0 Å². The summed E-state index contributed by atoms with van der Waals surface area (Å²) in [5.74, 6) is 0.789. The normalized spacial score (nSPS) is 23.5. The second-order valence-corrected chi connectivity index (χ2v) is 5.02. The zero-order chi connectivity index (χ0) is 11.7. The van der Waals surface area contributed by atoms with Gasteiger partial charge in [-0.1, -0.05) is 30.3 Å². The molecule has 1 saturated carbocycles. The molecule has 1 unspecified atom stereocenters. The number of rotatable bonds is 3. The Labute approximate surface area is 102 Å². The molecule has 1 fully saturated rings. The van der Waals surface area contributed by atoms with Crippen molar-refractivity contribution >= 4 is 0 Å². The van der Waals surface area contributed by atoms with Gasteiger partial charge in [0.2, 0.25) is 0 Å². The highest BCUT2D eigenvalue weighted by Crippen LogP contribution is 2.52. The van der Waals surface area contributed by atoms with Crippen LogP contribution in [0.3, 0.4) is 0 Å². The van der Waals surface area contributed by atoms with E-state index in [4.69, 9.17) is 4.74 Å². The smallest absolute Gasteiger partial charge is 0.121 e. The van der Waals surface area contributed by atoms with E-state index in [1.807, 2.05) is 18.2 Å². The minimum absolute atomic E-state index is 0.0789. The van der Waals surface area contributed by atoms with E-state index in [9.17, 15) is 5.11 Å². The number of hydrogen-bond donors (Lipinski definition) is 1. The Morgan fingerprint density at radius 2 is 1.94 bits per heavy atom. The summed E-state index contributed by atoms with van der Waals surface area (Å²) in [5.41, 5.74) is 1.16. The molecular weight excluding hydrogens is 212 g/mol. The zero-order valence-electron chi connectivity index (χ0n) is 9.93. The van der Waals surface area contributed by atoms with Gasteiger partial charge in [0.15, 0.2) is 0 Å². The van der Waals surface area contributed by atoms with Crippen LogP contribution in [0.25, 0.3) is 0 Å². The number of aliphatic hydroxyl groups excluding tert-OH is 1. The lowest BCUT2D eigenvalue weighted by atomic mass is 9.88. The molecule has 0 bridgehead atoms. The predicted octanol–water partition coefficient (Wildman–Crippen LogP) is 2.77. The van der Waals surface area contributed by atoms with Gasteiger partial charge < -0.3 is 9.84 Å². The summed E-state index contributed by atoms with van der Waals surface area (Å²) in [4.78, 5) is 0. The molecule has 0 aromatic heterocycles. The van der Waals surface area contributed by atoms with Crippen LogP contribution in [0.15, 0.2) is 42.2 Å². The fraction of sp³-hybridized carbons (Fsp3) is 0.467. The Morgan fingerprint density at radius 1 is 1.18 bits per heavy atom. The lowest BCUT2D eigenvalue weighted by Crippen LogP contribution is -2.30. The molecular formula is C15H18O2. The number of aliphatic hydroxyl groups is 1. The third-order valence-corrected chi connectivity index (χ3v) is 3.89. The van der Waals surface area contributed by atoms with Gasteiger partial charge in [-0.2, -0.15) is 0 Å². The first-order valence-corrected chi connectivity index (χ1v) is 6.39. The summed E-state index contributed by atoms with van der Waals surface area (Å²) in [6.07, 6.45) is 5.78. The second kappa shape index (κ2) is 4.19. The van der Waals surface area contributed by atoms with Gasteiger partial charge in [0.1, 0.15) is 11.9 Å². The van der Waals surface area contributed by atoms with Crippen molar-refractivity contribution in [2.24, 2.45) is 0 Å². The largest absolute Gasteiger partial charge is 0.495 e. The topological polar surface area (TPSA) is 29.5 Å². The molecule has 1 heterocycles. The average Bonchev–Trinajstić information content (AvgIpc) is 3.21. The molecule has 3 rings (SSSR count). The van der Waals surface area contributed by atoms with Crippen molar-refractivity contribution in [2.75, 3.05) is 6.61 Å². The Balaban J connectivity index is 1.86. The third kappa shape index (κ3) is 1.87. The molecule has 17 heavy (non-hydrogen) atoms. The van der Waals surface area contributed by atoms with Crippen LogP contribution < -0.4 is 0 Å². The SMILES string of the molecule is OC(C1=CCCCO1)C1(c2ccccc2)CC1. The number of benzene rings is 1. The summed E-state index contributed by atoms with van der Waals surface area (Å²) in [6.45, 7) is 0.744. The highest BCUT2D eigenvalue weighted by molar-refractivity contribution is 5.36. The molecule has 90 valence electrons. The molecule has 2 aliphatic rings. The van der Waals surface area contributed by atoms with Crippen LogP contribution >= 0.6 is 0 Å². The molecule has 0 spiro atoms. The summed E-state index contributed by atoms with van der Waals surface area (Å²) in [7, 11) is 0. The standard InChI is InChI=1S/C15H18O2/c16-14(13-8-4-5-11-17-13)15(9-10-15)12-6-2-1-3-7-12/h1-3,6-8,14,16H,4-5,9-11H2. The third-order valence-electron chi connectivity index (χ3n) is 3.89. The first-order valence-electron chi connectivity index (χ1n) is 6.39. The summed E-state index contributed by atoms with van der Waals surface area (Å²) < 4.78 is 5.60. The van der Waals surface area contributed by atoms with E-state index in [0.29, 0.717) is 0 Å². The maximum Gasteiger partial charge on any atom is 0.121 e. The van der Waals surface area contributed by atoms with E-state index < -0.39 is 6.10 Å². The van der Waals surface area contributed by atoms with E-state index in [-0.39, 0.29) is 5.41 Å². The zero-order valence-corrected chi connectivity index (χ0v) is 9.93. The Kier molecular flexibility index (Phi) is 2.67. The van der Waals surface area contributed by atoms with E-state index in [0.717, 1.165) is 38.0 Å². The number of ether oxygens (including phenoxy) is 1. The van der Waals surface area contributed by atoms with E-state index in [1.54, 1.807) is 0 Å². The molecule has 1 aliphatic carbocycles. The van der Waals surface area contributed by atoms with Crippen molar-refractivity contribution in [1.29, 1.82) is 0 Å². The molecule has 0 saturated heterocycles. The van der Waals surface area contributed by atoms with Crippen LogP contribution in [0, 0.1) is 0 Å². The van der Waals surface area contributed by atoms with Gasteiger partial charge in [-0.25, -0.2) is 0 Å². The monoisotopic (exact) mass is 230 g/mol. The minimum atomic E-state index is -0.467. The lowest BCUT2D eigenvalue weighted by molar-refractivity contribution is 0.0684. The van der Waals surface area contributed by atoms with Gasteiger partial charge >= 0.3 is 0 Å². The molecule has 1 N–H and O–H groups in total. The predicted molar refractivity (Wildman–Crippen MR) is 66.6 cm³/mol. The molecule has 2 heteroatoms. The highest BCUT2D eigenvalue weighted by Gasteiger charge is 2.52. The summed E-state index contributed by atoms with van der Waals surface area (Å²) >= 11 is 0. The molecule has 1 atom stereocenters. The van der Waals surface area contributed by atoms with Crippen molar-refractivity contribution in [2.45, 2.75) is 37.2 Å². The van der Waals surface area contributed by atoms with Crippen LogP contribution in [0.2, 0.25) is 0 Å². The van der Waals surface area contributed by atoms with E-state index >= 15 is 0 Å². The first-order chi connectivity index (χ1) is 8.33. The van der Waals surface area contributed by atoms with Gasteiger partial charge in [-0.3, -0.25) is 0 Å². The molecule has 2 nitrogen and oxygen atoms in total. The van der Waals surface area contributed by atoms with E-state index in [1.165, 1.54) is 5.56 Å². The van der Waals surface area contributed by atoms with Gasteiger partial charge in [0.25, 0.3) is 0 Å². The van der Waals surface area contributed by atoms with Crippen LogP contribution in [0.1, 0.15) is 31.2 Å². The van der Waals surface area contributed by atoms with Crippen molar-refractivity contribution in [3.05, 3.63) is 47.7 Å². The first kappa shape index (κ1) is 10.8. The van der Waals surface area contributed by atoms with Crippen molar-refractivity contribution in [3.63, 3.8) is 0 Å². The molecule has 1 aliphatic heterocycles. The highest BCUT2D eigenvalue weighted by atomic mass is 16.5. The van der Waals surface area contributed by atoms with Gasteiger partial charge in [0.05, 0.1) is 6.61 Å². The van der Waals surface area contributed by atoms with E-state index in [2.05, 4.69) is 18.2 Å². The maximum atomic E-state index is 10.5. The number of hydrogen-bond acceptors (Lipinski definition) is 2. The van der Waals surface area contributed by atoms with Crippen LogP contribution in [-0.2, 0) is 10.2 Å². The molecule has 0 amide bonds. The van der Waals surface area contributed by atoms with Crippen molar-refractivity contribution in [1.82, 2.24) is 0 Å². The van der Waals surface area contributed by atoms with Crippen molar-refractivity contribution in [3.8, 4) is 0 Å². The van der Waals surface area contributed by atoms with Gasteiger partial charge in [-0.05, 0) is 37.3 Å². The summed E-state index contributed by atoms with van der Waals surface area (Å²) in [6, 6.07) is 10.3. The molecule has 1 aromatic carbocycles. The fourth-order valence-electron chi connectivity index (χ4n) is 2.66. The fourth-order valence-corrected chi connectivity index (χ4v) is 2.66. The maximum absolute atomic E-state index is 10.5. The quantitative estimate of drug-likeness (QED) is 0.865.